The van der Waals surface area contributed by atoms with Crippen molar-refractivity contribution in [1.82, 2.24) is 0 Å². The van der Waals surface area contributed by atoms with Crippen molar-refractivity contribution < 1.29 is 9.47 Å². The molecule has 0 aromatic heterocycles. The fourth-order valence-electron chi connectivity index (χ4n) is 2.70. The molecule has 2 aliphatic heterocycles. The maximum atomic E-state index is 5.91. The summed E-state index contributed by atoms with van der Waals surface area (Å²) in [6.45, 7) is 4.70. The SMILES string of the molecule is CC1(COc2ccc3c(c2)NCC3)CCCCO1. The van der Waals surface area contributed by atoms with Crippen LogP contribution in [0.25, 0.3) is 0 Å². The van der Waals surface area contributed by atoms with Crippen LogP contribution in [0.15, 0.2) is 18.2 Å². The van der Waals surface area contributed by atoms with E-state index in [0.717, 1.165) is 31.7 Å². The number of anilines is 1. The summed E-state index contributed by atoms with van der Waals surface area (Å²) in [5.41, 5.74) is 2.51. The Balaban J connectivity index is 1.62. The van der Waals surface area contributed by atoms with Gasteiger partial charge in [0.05, 0.1) is 5.60 Å². The molecule has 18 heavy (non-hydrogen) atoms. The molecule has 3 rings (SSSR count). The molecule has 1 fully saturated rings. The van der Waals surface area contributed by atoms with Crippen molar-refractivity contribution in [3.05, 3.63) is 23.8 Å². The standard InChI is InChI=1S/C15H21NO2/c1-15(7-2-3-9-18-15)11-17-13-5-4-12-6-8-16-14(12)10-13/h4-5,10,16H,2-3,6-9,11H2,1H3. The Kier molecular flexibility index (Phi) is 3.16. The van der Waals surface area contributed by atoms with Crippen LogP contribution in [0.2, 0.25) is 0 Å². The quantitative estimate of drug-likeness (QED) is 0.890. The highest BCUT2D eigenvalue weighted by Gasteiger charge is 2.28. The third kappa shape index (κ3) is 2.46. The molecule has 3 heteroatoms. The van der Waals surface area contributed by atoms with Gasteiger partial charge in [0.15, 0.2) is 0 Å². The molecule has 0 saturated carbocycles. The van der Waals surface area contributed by atoms with Gasteiger partial charge in [-0.1, -0.05) is 6.07 Å². The Labute approximate surface area is 108 Å². The number of rotatable bonds is 3. The summed E-state index contributed by atoms with van der Waals surface area (Å²) < 4.78 is 11.7. The van der Waals surface area contributed by atoms with Gasteiger partial charge in [-0.05, 0) is 44.2 Å². The molecule has 1 atom stereocenters. The maximum absolute atomic E-state index is 5.91. The number of fused-ring (bicyclic) bond motifs is 1. The lowest BCUT2D eigenvalue weighted by Crippen LogP contribution is -2.38. The lowest BCUT2D eigenvalue weighted by atomic mass is 9.97. The molecule has 1 aromatic carbocycles. The molecule has 2 heterocycles. The Morgan fingerprint density at radius 1 is 1.39 bits per heavy atom. The van der Waals surface area contributed by atoms with E-state index < -0.39 is 0 Å². The number of ether oxygens (including phenoxy) is 2. The molecule has 98 valence electrons. The van der Waals surface area contributed by atoms with Crippen LogP contribution in [-0.2, 0) is 11.2 Å². The normalized spacial score (nSPS) is 26.5. The van der Waals surface area contributed by atoms with Gasteiger partial charge in [-0.25, -0.2) is 0 Å². The van der Waals surface area contributed by atoms with E-state index in [1.807, 2.05) is 0 Å². The van der Waals surface area contributed by atoms with Crippen molar-refractivity contribution in [1.29, 1.82) is 0 Å². The van der Waals surface area contributed by atoms with Gasteiger partial charge in [-0.15, -0.1) is 0 Å². The fraction of sp³-hybridized carbons (Fsp3) is 0.600. The minimum atomic E-state index is -0.106. The summed E-state index contributed by atoms with van der Waals surface area (Å²) in [7, 11) is 0. The lowest BCUT2D eigenvalue weighted by Gasteiger charge is -2.33. The van der Waals surface area contributed by atoms with Crippen molar-refractivity contribution in [2.45, 2.75) is 38.2 Å². The van der Waals surface area contributed by atoms with Crippen LogP contribution in [0.4, 0.5) is 5.69 Å². The van der Waals surface area contributed by atoms with E-state index >= 15 is 0 Å². The zero-order valence-corrected chi connectivity index (χ0v) is 11.0. The molecule has 1 unspecified atom stereocenters. The van der Waals surface area contributed by atoms with E-state index in [2.05, 4.69) is 30.4 Å². The topological polar surface area (TPSA) is 30.5 Å². The molecule has 0 spiro atoms. The molecule has 0 aliphatic carbocycles. The summed E-state index contributed by atoms with van der Waals surface area (Å²) >= 11 is 0. The minimum absolute atomic E-state index is 0.106. The highest BCUT2D eigenvalue weighted by Crippen LogP contribution is 2.29. The van der Waals surface area contributed by atoms with E-state index in [9.17, 15) is 0 Å². The first-order chi connectivity index (χ1) is 8.75. The summed E-state index contributed by atoms with van der Waals surface area (Å²) in [4.78, 5) is 0. The van der Waals surface area contributed by atoms with Gasteiger partial charge in [-0.3, -0.25) is 0 Å². The highest BCUT2D eigenvalue weighted by molar-refractivity contribution is 5.58. The Bertz CT molecular complexity index is 425. The Hall–Kier alpha value is -1.22. The van der Waals surface area contributed by atoms with E-state index in [4.69, 9.17) is 9.47 Å². The monoisotopic (exact) mass is 247 g/mol. The second kappa shape index (κ2) is 4.81. The molecule has 0 radical (unpaired) electrons. The van der Waals surface area contributed by atoms with Gasteiger partial charge < -0.3 is 14.8 Å². The summed E-state index contributed by atoms with van der Waals surface area (Å²) in [6.07, 6.45) is 4.64. The molecule has 1 aromatic rings. The van der Waals surface area contributed by atoms with Crippen molar-refractivity contribution >= 4 is 5.69 Å². The Morgan fingerprint density at radius 3 is 3.17 bits per heavy atom. The third-order valence-corrected chi connectivity index (χ3v) is 3.89. The first kappa shape index (κ1) is 11.8. The smallest absolute Gasteiger partial charge is 0.121 e. The molecule has 2 aliphatic rings. The first-order valence-electron chi connectivity index (χ1n) is 6.89. The van der Waals surface area contributed by atoms with Gasteiger partial charge >= 0.3 is 0 Å². The summed E-state index contributed by atoms with van der Waals surface area (Å²) in [5.74, 6) is 0.943. The van der Waals surface area contributed by atoms with Crippen molar-refractivity contribution in [2.24, 2.45) is 0 Å². The zero-order valence-electron chi connectivity index (χ0n) is 11.0. The largest absolute Gasteiger partial charge is 0.491 e. The van der Waals surface area contributed by atoms with Crippen LogP contribution < -0.4 is 10.1 Å². The summed E-state index contributed by atoms with van der Waals surface area (Å²) in [5, 5.41) is 3.38. The molecule has 0 bridgehead atoms. The van der Waals surface area contributed by atoms with Crippen LogP contribution >= 0.6 is 0 Å². The second-order valence-electron chi connectivity index (χ2n) is 5.54. The predicted molar refractivity (Wildman–Crippen MR) is 72.3 cm³/mol. The van der Waals surface area contributed by atoms with E-state index in [-0.39, 0.29) is 5.60 Å². The van der Waals surface area contributed by atoms with Crippen LogP contribution in [-0.4, -0.2) is 25.4 Å². The molecule has 1 saturated heterocycles. The zero-order chi connectivity index (χ0) is 12.4. The number of hydrogen-bond donors (Lipinski definition) is 1. The lowest BCUT2D eigenvalue weighted by molar-refractivity contribution is -0.0888. The van der Waals surface area contributed by atoms with E-state index in [0.29, 0.717) is 6.61 Å². The van der Waals surface area contributed by atoms with Crippen LogP contribution in [0, 0.1) is 0 Å². The van der Waals surface area contributed by atoms with Gasteiger partial charge in [0.1, 0.15) is 12.4 Å². The minimum Gasteiger partial charge on any atom is -0.491 e. The van der Waals surface area contributed by atoms with E-state index in [1.165, 1.54) is 24.1 Å². The number of nitrogens with one attached hydrogen (secondary N) is 1. The molecular formula is C15H21NO2. The van der Waals surface area contributed by atoms with Crippen molar-refractivity contribution in [2.75, 3.05) is 25.1 Å². The summed E-state index contributed by atoms with van der Waals surface area (Å²) in [6, 6.07) is 6.33. The van der Waals surface area contributed by atoms with Crippen LogP contribution in [0.1, 0.15) is 31.7 Å². The first-order valence-corrected chi connectivity index (χ1v) is 6.89. The fourth-order valence-corrected chi connectivity index (χ4v) is 2.70. The van der Waals surface area contributed by atoms with Crippen LogP contribution in [0.3, 0.4) is 0 Å². The molecule has 3 nitrogen and oxygen atoms in total. The molecule has 1 N–H and O–H groups in total. The predicted octanol–water partition coefficient (Wildman–Crippen LogP) is 2.99. The maximum Gasteiger partial charge on any atom is 0.121 e. The number of hydrogen-bond acceptors (Lipinski definition) is 3. The number of benzene rings is 1. The second-order valence-corrected chi connectivity index (χ2v) is 5.54. The average molecular weight is 247 g/mol. The average Bonchev–Trinajstić information content (AvgIpc) is 2.85. The third-order valence-electron chi connectivity index (χ3n) is 3.89. The van der Waals surface area contributed by atoms with E-state index in [1.54, 1.807) is 0 Å². The Morgan fingerprint density at radius 2 is 2.33 bits per heavy atom. The highest BCUT2D eigenvalue weighted by atomic mass is 16.5. The van der Waals surface area contributed by atoms with Gasteiger partial charge in [0, 0.05) is 24.9 Å². The molecular weight excluding hydrogens is 226 g/mol. The van der Waals surface area contributed by atoms with Gasteiger partial charge in [0.2, 0.25) is 0 Å². The van der Waals surface area contributed by atoms with Crippen molar-refractivity contribution in [3.8, 4) is 5.75 Å². The van der Waals surface area contributed by atoms with Gasteiger partial charge in [0.25, 0.3) is 0 Å². The van der Waals surface area contributed by atoms with Crippen LogP contribution in [0.5, 0.6) is 5.75 Å². The van der Waals surface area contributed by atoms with Gasteiger partial charge in [-0.2, -0.15) is 0 Å². The molecule has 0 amide bonds. The van der Waals surface area contributed by atoms with Crippen molar-refractivity contribution in [3.63, 3.8) is 0 Å².